The molecule has 1 heterocycles. The van der Waals surface area contributed by atoms with Crippen LogP contribution in [-0.2, 0) is 0 Å². The van der Waals surface area contributed by atoms with E-state index in [1.807, 2.05) is 0 Å². The van der Waals surface area contributed by atoms with Gasteiger partial charge in [0.05, 0.1) is 19.8 Å². The van der Waals surface area contributed by atoms with Crippen LogP contribution in [0.25, 0.3) is 0 Å². The topological polar surface area (TPSA) is 60.5 Å². The number of aromatic nitrogens is 1. The number of nitrogens with one attached hydrogen (secondary N) is 1. The summed E-state index contributed by atoms with van der Waals surface area (Å²) in [4.78, 5) is 14.6. The summed E-state index contributed by atoms with van der Waals surface area (Å²) in [6.45, 7) is 0. The molecule has 0 spiro atoms. The number of methoxy groups -OCH3 is 2. The normalized spacial score (nSPS) is 10.2. The molecule has 1 N–H and O–H groups in total. The quantitative estimate of drug-likeness (QED) is 0.882. The first-order chi connectivity index (χ1) is 10.5. The van der Waals surface area contributed by atoms with Gasteiger partial charge >= 0.3 is 0 Å². The Labute approximate surface area is 123 Å². The number of carbonyl (C=O) groups excluding carboxylic acids is 1. The average Bonchev–Trinajstić information content (AvgIpc) is 2.50. The van der Waals surface area contributed by atoms with Crippen LogP contribution in [0.5, 0.6) is 11.5 Å². The maximum Gasteiger partial charge on any atom is 0.258 e. The van der Waals surface area contributed by atoms with Crippen LogP contribution >= 0.6 is 0 Å². The van der Waals surface area contributed by atoms with E-state index < -0.39 is 29.2 Å². The number of carbonyl (C=O) groups is 1. The molecule has 116 valence electrons. The molecule has 0 radical (unpaired) electrons. The maximum atomic E-state index is 13.5. The van der Waals surface area contributed by atoms with E-state index in [2.05, 4.69) is 10.3 Å². The fraction of sp³-hybridized carbons (Fsp3) is 0.143. The minimum absolute atomic E-state index is 0.236. The standard InChI is InChI=1S/C14H11F3N2O3/c1-21-9-4-3-7(5-10(9)22-2)18-14(20)8-6-11(15)19-13(17)12(8)16/h3-6H,1-2H3,(H,18,20). The number of hydrogen-bond acceptors (Lipinski definition) is 4. The highest BCUT2D eigenvalue weighted by atomic mass is 19.2. The van der Waals surface area contributed by atoms with Gasteiger partial charge in [-0.1, -0.05) is 0 Å². The van der Waals surface area contributed by atoms with Crippen LogP contribution in [0.1, 0.15) is 10.4 Å². The number of benzene rings is 1. The van der Waals surface area contributed by atoms with Gasteiger partial charge in [0.25, 0.3) is 11.9 Å². The number of amides is 1. The van der Waals surface area contributed by atoms with Crippen LogP contribution in [0.4, 0.5) is 18.9 Å². The summed E-state index contributed by atoms with van der Waals surface area (Å²) >= 11 is 0. The van der Waals surface area contributed by atoms with Crippen LogP contribution in [0.2, 0.25) is 0 Å². The van der Waals surface area contributed by atoms with Gasteiger partial charge < -0.3 is 14.8 Å². The summed E-state index contributed by atoms with van der Waals surface area (Å²) in [6.07, 6.45) is 0. The zero-order valence-corrected chi connectivity index (χ0v) is 11.6. The largest absolute Gasteiger partial charge is 0.493 e. The molecule has 22 heavy (non-hydrogen) atoms. The van der Waals surface area contributed by atoms with Crippen LogP contribution in [0.15, 0.2) is 24.3 Å². The van der Waals surface area contributed by atoms with Gasteiger partial charge in [-0.15, -0.1) is 0 Å². The molecule has 0 fully saturated rings. The van der Waals surface area contributed by atoms with Gasteiger partial charge in [0, 0.05) is 17.8 Å². The highest BCUT2D eigenvalue weighted by Gasteiger charge is 2.19. The second-order valence-electron chi connectivity index (χ2n) is 4.12. The van der Waals surface area contributed by atoms with Crippen molar-refractivity contribution in [2.24, 2.45) is 0 Å². The Kier molecular flexibility index (Phi) is 4.50. The minimum Gasteiger partial charge on any atom is -0.493 e. The first-order valence-corrected chi connectivity index (χ1v) is 6.01. The molecule has 5 nitrogen and oxygen atoms in total. The highest BCUT2D eigenvalue weighted by molar-refractivity contribution is 6.04. The molecule has 2 rings (SSSR count). The van der Waals surface area contributed by atoms with E-state index in [4.69, 9.17) is 9.47 Å². The smallest absolute Gasteiger partial charge is 0.258 e. The second-order valence-corrected chi connectivity index (χ2v) is 4.12. The number of ether oxygens (including phenoxy) is 2. The van der Waals surface area contributed by atoms with Crippen LogP contribution in [-0.4, -0.2) is 25.1 Å². The monoisotopic (exact) mass is 312 g/mol. The summed E-state index contributed by atoms with van der Waals surface area (Å²) in [7, 11) is 2.84. The number of halogens is 3. The van der Waals surface area contributed by atoms with E-state index in [1.165, 1.54) is 32.4 Å². The van der Waals surface area contributed by atoms with Gasteiger partial charge in [-0.25, -0.2) is 4.39 Å². The van der Waals surface area contributed by atoms with Gasteiger partial charge in [0.1, 0.15) is 0 Å². The van der Waals surface area contributed by atoms with Crippen LogP contribution in [0, 0.1) is 17.7 Å². The van der Waals surface area contributed by atoms with E-state index in [9.17, 15) is 18.0 Å². The molecule has 1 aromatic carbocycles. The van der Waals surface area contributed by atoms with E-state index >= 15 is 0 Å². The molecule has 0 saturated heterocycles. The van der Waals surface area contributed by atoms with Gasteiger partial charge in [-0.05, 0) is 12.1 Å². The summed E-state index contributed by atoms with van der Waals surface area (Å²) in [5, 5.41) is 2.30. The fourth-order valence-electron chi connectivity index (χ4n) is 1.75. The molecule has 0 atom stereocenters. The molecule has 8 heteroatoms. The van der Waals surface area contributed by atoms with Gasteiger partial charge in [0.2, 0.25) is 5.95 Å². The number of anilines is 1. The van der Waals surface area contributed by atoms with Gasteiger partial charge in [-0.3, -0.25) is 4.79 Å². The Morgan fingerprint density at radius 3 is 2.41 bits per heavy atom. The second kappa shape index (κ2) is 6.33. The Balaban J connectivity index is 2.30. The molecular formula is C14H11F3N2O3. The first-order valence-electron chi connectivity index (χ1n) is 6.01. The number of nitrogens with zero attached hydrogens (tertiary/aromatic N) is 1. The molecule has 2 aromatic rings. The summed E-state index contributed by atoms with van der Waals surface area (Å²) in [5.74, 6) is -4.78. The Hall–Kier alpha value is -2.77. The average molecular weight is 312 g/mol. The van der Waals surface area contributed by atoms with Crippen molar-refractivity contribution in [2.75, 3.05) is 19.5 Å². The summed E-state index contributed by atoms with van der Waals surface area (Å²) in [5.41, 5.74) is -0.556. The first kappa shape index (κ1) is 15.6. The zero-order chi connectivity index (χ0) is 16.3. The van der Waals surface area contributed by atoms with Crippen molar-refractivity contribution in [1.29, 1.82) is 0 Å². The van der Waals surface area contributed by atoms with Crippen LogP contribution in [0.3, 0.4) is 0 Å². The molecule has 0 aliphatic heterocycles. The van der Waals surface area contributed by atoms with E-state index in [0.717, 1.165) is 0 Å². The third kappa shape index (κ3) is 3.11. The number of hydrogen-bond donors (Lipinski definition) is 1. The lowest BCUT2D eigenvalue weighted by Gasteiger charge is -2.11. The lowest BCUT2D eigenvalue weighted by atomic mass is 10.2. The molecule has 0 unspecified atom stereocenters. The highest BCUT2D eigenvalue weighted by Crippen LogP contribution is 2.30. The minimum atomic E-state index is -1.68. The maximum absolute atomic E-state index is 13.5. The molecule has 0 aliphatic carbocycles. The molecule has 0 aliphatic rings. The van der Waals surface area contributed by atoms with Crippen molar-refractivity contribution in [2.45, 2.75) is 0 Å². The lowest BCUT2D eigenvalue weighted by molar-refractivity contribution is 0.102. The van der Waals surface area contributed by atoms with Crippen molar-refractivity contribution < 1.29 is 27.4 Å². The van der Waals surface area contributed by atoms with Gasteiger partial charge in [0.15, 0.2) is 17.3 Å². The Morgan fingerprint density at radius 2 is 1.77 bits per heavy atom. The van der Waals surface area contributed by atoms with Crippen molar-refractivity contribution >= 4 is 11.6 Å². The number of pyridine rings is 1. The van der Waals surface area contributed by atoms with E-state index in [0.29, 0.717) is 17.6 Å². The fourth-order valence-corrected chi connectivity index (χ4v) is 1.75. The SMILES string of the molecule is COc1ccc(NC(=O)c2cc(F)nc(F)c2F)cc1OC. The van der Waals surface area contributed by atoms with Crippen molar-refractivity contribution in [3.05, 3.63) is 47.5 Å². The van der Waals surface area contributed by atoms with E-state index in [-0.39, 0.29) is 5.69 Å². The molecule has 0 saturated carbocycles. The molecule has 1 aromatic heterocycles. The Morgan fingerprint density at radius 1 is 1.09 bits per heavy atom. The zero-order valence-electron chi connectivity index (χ0n) is 11.6. The van der Waals surface area contributed by atoms with Crippen molar-refractivity contribution in [3.8, 4) is 11.5 Å². The van der Waals surface area contributed by atoms with Crippen molar-refractivity contribution in [3.63, 3.8) is 0 Å². The summed E-state index contributed by atoms with van der Waals surface area (Å²) < 4.78 is 49.6. The third-order valence-electron chi connectivity index (χ3n) is 2.77. The van der Waals surface area contributed by atoms with E-state index in [1.54, 1.807) is 0 Å². The summed E-state index contributed by atoms with van der Waals surface area (Å²) in [6, 6.07) is 4.90. The predicted octanol–water partition coefficient (Wildman–Crippen LogP) is 2.77. The third-order valence-corrected chi connectivity index (χ3v) is 2.77. The Bertz CT molecular complexity index is 723. The van der Waals surface area contributed by atoms with Crippen LogP contribution < -0.4 is 14.8 Å². The van der Waals surface area contributed by atoms with Crippen molar-refractivity contribution in [1.82, 2.24) is 4.98 Å². The molecule has 0 bridgehead atoms. The number of rotatable bonds is 4. The predicted molar refractivity (Wildman–Crippen MR) is 71.6 cm³/mol. The molecular weight excluding hydrogens is 301 g/mol. The molecule has 1 amide bonds. The van der Waals surface area contributed by atoms with Gasteiger partial charge in [-0.2, -0.15) is 13.8 Å². The lowest BCUT2D eigenvalue weighted by Crippen LogP contribution is -2.16.